The van der Waals surface area contributed by atoms with Crippen LogP contribution in [0.15, 0.2) is 23.0 Å². The predicted molar refractivity (Wildman–Crippen MR) is 108 cm³/mol. The van der Waals surface area contributed by atoms with Gasteiger partial charge in [-0.25, -0.2) is 0 Å². The van der Waals surface area contributed by atoms with Gasteiger partial charge in [-0.2, -0.15) is 0 Å². The lowest BCUT2D eigenvalue weighted by atomic mass is 10.1. The van der Waals surface area contributed by atoms with Gasteiger partial charge in [-0.1, -0.05) is 52.4 Å². The first-order chi connectivity index (χ1) is 12.6. The Morgan fingerprint density at radius 1 is 1.04 bits per heavy atom. The van der Waals surface area contributed by atoms with Crippen molar-refractivity contribution in [3.8, 4) is 11.5 Å². The molecule has 0 bridgehead atoms. The molecule has 0 unspecified atom stereocenters. The molecule has 0 aliphatic carbocycles. The van der Waals surface area contributed by atoms with Gasteiger partial charge >= 0.3 is 0 Å². The Kier molecular flexibility index (Phi) is 7.82. The maximum absolute atomic E-state index is 12.9. The molecule has 0 atom stereocenters. The minimum atomic E-state index is -0.278. The van der Waals surface area contributed by atoms with Gasteiger partial charge < -0.3 is 20.1 Å². The highest BCUT2D eigenvalue weighted by Crippen LogP contribution is 2.32. The Bertz CT molecular complexity index is 768. The predicted octanol–water partition coefficient (Wildman–Crippen LogP) is 4.83. The first-order valence-electron chi connectivity index (χ1n) is 9.87. The molecule has 1 aromatic heterocycles. The van der Waals surface area contributed by atoms with E-state index in [1.807, 2.05) is 0 Å². The van der Waals surface area contributed by atoms with Crippen LogP contribution in [0.1, 0.15) is 65.2 Å². The zero-order chi connectivity index (χ0) is 18.9. The highest BCUT2D eigenvalue weighted by atomic mass is 16.5. The van der Waals surface area contributed by atoms with Gasteiger partial charge in [-0.15, -0.1) is 0 Å². The van der Waals surface area contributed by atoms with Crippen LogP contribution in [-0.4, -0.2) is 16.3 Å². The number of nitrogen functional groups attached to an aromatic ring is 1. The maximum atomic E-state index is 12.9. The van der Waals surface area contributed by atoms with Gasteiger partial charge in [0.1, 0.15) is 0 Å². The van der Waals surface area contributed by atoms with Crippen molar-refractivity contribution in [2.45, 2.75) is 71.8 Å². The number of aromatic hydroxyl groups is 1. The van der Waals surface area contributed by atoms with E-state index in [0.29, 0.717) is 29.7 Å². The van der Waals surface area contributed by atoms with Crippen molar-refractivity contribution in [3.05, 3.63) is 28.6 Å². The van der Waals surface area contributed by atoms with Crippen LogP contribution in [-0.2, 0) is 6.54 Å². The van der Waals surface area contributed by atoms with Crippen LogP contribution in [0.2, 0.25) is 0 Å². The number of rotatable bonds is 11. The van der Waals surface area contributed by atoms with Gasteiger partial charge in [0.2, 0.25) is 5.75 Å². The molecule has 0 aliphatic rings. The summed E-state index contributed by atoms with van der Waals surface area (Å²) < 4.78 is 7.39. The summed E-state index contributed by atoms with van der Waals surface area (Å²) in [5.41, 5.74) is 6.83. The lowest BCUT2D eigenvalue weighted by Crippen LogP contribution is -2.23. The summed E-state index contributed by atoms with van der Waals surface area (Å²) in [7, 11) is 0. The summed E-state index contributed by atoms with van der Waals surface area (Å²) in [5, 5.41) is 11.2. The lowest BCUT2D eigenvalue weighted by molar-refractivity contribution is 0.283. The minimum absolute atomic E-state index is 0.0620. The molecule has 26 heavy (non-hydrogen) atoms. The van der Waals surface area contributed by atoms with Crippen LogP contribution in [0.25, 0.3) is 10.9 Å². The number of nitrogens with zero attached hydrogens (tertiary/aromatic N) is 1. The van der Waals surface area contributed by atoms with Crippen molar-refractivity contribution in [1.29, 1.82) is 0 Å². The number of nitrogens with two attached hydrogens (primary N) is 1. The van der Waals surface area contributed by atoms with Gasteiger partial charge in [0.15, 0.2) is 5.75 Å². The first-order valence-corrected chi connectivity index (χ1v) is 9.87. The van der Waals surface area contributed by atoms with E-state index in [-0.39, 0.29) is 17.1 Å². The average molecular weight is 360 g/mol. The molecule has 5 heteroatoms. The second-order valence-electron chi connectivity index (χ2n) is 6.88. The third kappa shape index (κ3) is 4.93. The molecule has 0 spiro atoms. The van der Waals surface area contributed by atoms with Crippen LogP contribution >= 0.6 is 0 Å². The van der Waals surface area contributed by atoms with Crippen molar-refractivity contribution in [1.82, 2.24) is 4.57 Å². The summed E-state index contributed by atoms with van der Waals surface area (Å²) in [6.45, 7) is 5.31. The third-order valence-corrected chi connectivity index (χ3v) is 4.70. The van der Waals surface area contributed by atoms with Crippen molar-refractivity contribution < 1.29 is 9.84 Å². The number of fused-ring (bicyclic) bond motifs is 1. The van der Waals surface area contributed by atoms with E-state index in [2.05, 4.69) is 13.8 Å². The zero-order valence-electron chi connectivity index (χ0n) is 16.1. The normalized spacial score (nSPS) is 11.2. The second kappa shape index (κ2) is 10.1. The van der Waals surface area contributed by atoms with Gasteiger partial charge in [0, 0.05) is 17.6 Å². The summed E-state index contributed by atoms with van der Waals surface area (Å²) in [4.78, 5) is 12.9. The average Bonchev–Trinajstić information content (AvgIpc) is 2.63. The van der Waals surface area contributed by atoms with Crippen LogP contribution in [0.4, 0.5) is 5.69 Å². The molecule has 0 radical (unpaired) electrons. The van der Waals surface area contributed by atoms with Crippen molar-refractivity contribution in [3.63, 3.8) is 0 Å². The smallest absolute Gasteiger partial charge is 0.297 e. The topological polar surface area (TPSA) is 77.5 Å². The van der Waals surface area contributed by atoms with E-state index >= 15 is 0 Å². The highest BCUT2D eigenvalue weighted by Gasteiger charge is 2.17. The fraction of sp³-hybridized carbons (Fsp3) is 0.571. The van der Waals surface area contributed by atoms with Gasteiger partial charge in [0.05, 0.1) is 12.1 Å². The Morgan fingerprint density at radius 2 is 1.73 bits per heavy atom. The molecule has 0 amide bonds. The third-order valence-electron chi connectivity index (χ3n) is 4.70. The Labute approximate surface area is 155 Å². The van der Waals surface area contributed by atoms with E-state index in [4.69, 9.17) is 10.5 Å². The summed E-state index contributed by atoms with van der Waals surface area (Å²) in [5.74, 6) is -0.0179. The van der Waals surface area contributed by atoms with Gasteiger partial charge in [-0.05, 0) is 31.0 Å². The number of hydrogen-bond donors (Lipinski definition) is 2. The Balaban J connectivity index is 2.20. The number of hydrogen-bond acceptors (Lipinski definition) is 4. The van der Waals surface area contributed by atoms with E-state index in [9.17, 15) is 9.90 Å². The van der Waals surface area contributed by atoms with Crippen molar-refractivity contribution in [2.24, 2.45) is 0 Å². The number of unbranched alkanes of at least 4 members (excludes halogenated alkanes) is 6. The summed E-state index contributed by atoms with van der Waals surface area (Å²) >= 11 is 0. The minimum Gasteiger partial charge on any atom is -0.504 e. The summed E-state index contributed by atoms with van der Waals surface area (Å²) in [6, 6.07) is 5.22. The van der Waals surface area contributed by atoms with Crippen molar-refractivity contribution in [2.75, 3.05) is 12.3 Å². The van der Waals surface area contributed by atoms with E-state index in [0.717, 1.165) is 25.7 Å². The van der Waals surface area contributed by atoms with E-state index in [1.54, 1.807) is 22.8 Å². The Hall–Kier alpha value is -2.17. The van der Waals surface area contributed by atoms with Crippen molar-refractivity contribution >= 4 is 16.6 Å². The van der Waals surface area contributed by atoms with Gasteiger partial charge in [-0.3, -0.25) is 4.79 Å². The van der Waals surface area contributed by atoms with Crippen LogP contribution in [0.3, 0.4) is 0 Å². The fourth-order valence-electron chi connectivity index (χ4n) is 3.15. The second-order valence-corrected chi connectivity index (χ2v) is 6.88. The molecule has 5 nitrogen and oxygen atoms in total. The molecule has 0 aliphatic heterocycles. The molecule has 0 saturated carbocycles. The standard InChI is InChI=1S/C21H32N2O3/c1-3-5-7-8-9-10-14-26-20-19(24)17-12-11-16(22)15-18(17)23(21(20)25)13-6-4-2/h11-12,15,24H,3-10,13-14,22H2,1-2H3. The number of aryl methyl sites for hydroxylation is 1. The number of anilines is 1. The summed E-state index contributed by atoms with van der Waals surface area (Å²) in [6.07, 6.45) is 8.73. The quantitative estimate of drug-likeness (QED) is 0.444. The molecule has 2 rings (SSSR count). The van der Waals surface area contributed by atoms with Gasteiger partial charge in [0.25, 0.3) is 5.56 Å². The highest BCUT2D eigenvalue weighted by molar-refractivity contribution is 5.89. The monoisotopic (exact) mass is 360 g/mol. The van der Waals surface area contributed by atoms with Crippen LogP contribution < -0.4 is 16.0 Å². The largest absolute Gasteiger partial charge is 0.504 e. The Morgan fingerprint density at radius 3 is 2.46 bits per heavy atom. The molecule has 1 heterocycles. The van der Waals surface area contributed by atoms with Crippen LogP contribution in [0, 0.1) is 0 Å². The fourth-order valence-corrected chi connectivity index (χ4v) is 3.15. The molecule has 2 aromatic rings. The SMILES string of the molecule is CCCCCCCCOc1c(O)c2ccc(N)cc2n(CCCC)c1=O. The molecule has 3 N–H and O–H groups in total. The van der Waals surface area contributed by atoms with E-state index < -0.39 is 0 Å². The molecule has 0 saturated heterocycles. The number of ether oxygens (including phenoxy) is 1. The molecular formula is C21H32N2O3. The first kappa shape index (κ1) is 20.1. The zero-order valence-corrected chi connectivity index (χ0v) is 16.1. The maximum Gasteiger partial charge on any atom is 0.297 e. The molecule has 1 aromatic carbocycles. The molecule has 0 fully saturated rings. The number of aromatic nitrogens is 1. The lowest BCUT2D eigenvalue weighted by Gasteiger charge is -2.16. The molecule has 144 valence electrons. The number of pyridine rings is 1. The van der Waals surface area contributed by atoms with E-state index in [1.165, 1.54) is 25.7 Å². The number of benzene rings is 1. The molecular weight excluding hydrogens is 328 g/mol. The van der Waals surface area contributed by atoms with Crippen LogP contribution in [0.5, 0.6) is 11.5 Å².